The predicted molar refractivity (Wildman–Crippen MR) is 96.2 cm³/mol. The minimum Gasteiger partial charge on any atom is -0.496 e. The summed E-state index contributed by atoms with van der Waals surface area (Å²) in [5.41, 5.74) is 0.703. The molecule has 1 aromatic carbocycles. The molecule has 0 aliphatic carbocycles. The summed E-state index contributed by atoms with van der Waals surface area (Å²) < 4.78 is 62.3. The number of rotatable bonds is 6. The Bertz CT molecular complexity index is 980. The molecular formula is C17H21NO6S2. The van der Waals surface area contributed by atoms with Crippen LogP contribution in [0.25, 0.3) is 0 Å². The molecule has 0 radical (unpaired) electrons. The molecule has 0 bridgehead atoms. The maximum atomic E-state index is 12.8. The Morgan fingerprint density at radius 2 is 2.00 bits per heavy atom. The van der Waals surface area contributed by atoms with E-state index in [1.165, 1.54) is 23.7 Å². The lowest BCUT2D eigenvalue weighted by Gasteiger charge is -2.17. The lowest BCUT2D eigenvalue weighted by molar-refractivity contribution is 0.411. The van der Waals surface area contributed by atoms with Crippen molar-refractivity contribution in [2.24, 2.45) is 0 Å². The molecule has 7 nitrogen and oxygen atoms in total. The van der Waals surface area contributed by atoms with Crippen molar-refractivity contribution < 1.29 is 26.0 Å². The lowest BCUT2D eigenvalue weighted by Crippen LogP contribution is -2.32. The second-order valence-corrected chi connectivity index (χ2v) is 10.5. The smallest absolute Gasteiger partial charge is 0.243 e. The molecule has 2 heterocycles. The number of benzene rings is 1. The highest BCUT2D eigenvalue weighted by atomic mass is 32.2. The molecule has 0 N–H and O–H groups in total. The van der Waals surface area contributed by atoms with Crippen LogP contribution in [0.5, 0.6) is 5.75 Å². The van der Waals surface area contributed by atoms with E-state index in [0.29, 0.717) is 17.1 Å². The van der Waals surface area contributed by atoms with E-state index in [2.05, 4.69) is 0 Å². The van der Waals surface area contributed by atoms with Gasteiger partial charge in [-0.1, -0.05) is 0 Å². The Labute approximate surface area is 153 Å². The number of hydrogen-bond acceptors (Lipinski definition) is 6. The summed E-state index contributed by atoms with van der Waals surface area (Å²) in [5, 5.41) is -0.735. The van der Waals surface area contributed by atoms with Gasteiger partial charge < -0.3 is 9.15 Å². The van der Waals surface area contributed by atoms with Crippen LogP contribution in [0.15, 0.2) is 45.9 Å². The zero-order valence-corrected chi connectivity index (χ0v) is 16.2. The first-order valence-electron chi connectivity index (χ1n) is 8.13. The molecule has 0 spiro atoms. The number of sulfonamides is 1. The first kappa shape index (κ1) is 18.9. The van der Waals surface area contributed by atoms with Crippen LogP contribution >= 0.6 is 0 Å². The van der Waals surface area contributed by atoms with Gasteiger partial charge in [0, 0.05) is 13.1 Å². The SMILES string of the molecule is COc1ccc(S(=O)(=O)N2CCC(S(=O)(=O)Cc3ccco3)C2)cc1C. The van der Waals surface area contributed by atoms with Gasteiger partial charge in [-0.15, -0.1) is 0 Å². The molecule has 1 aromatic heterocycles. The van der Waals surface area contributed by atoms with Gasteiger partial charge in [-0.3, -0.25) is 0 Å². The highest BCUT2D eigenvalue weighted by molar-refractivity contribution is 7.91. The molecule has 0 amide bonds. The zero-order valence-electron chi connectivity index (χ0n) is 14.6. The fourth-order valence-electron chi connectivity index (χ4n) is 3.08. The summed E-state index contributed by atoms with van der Waals surface area (Å²) in [7, 11) is -5.73. The van der Waals surface area contributed by atoms with Gasteiger partial charge in [0.2, 0.25) is 10.0 Å². The van der Waals surface area contributed by atoms with Gasteiger partial charge in [-0.2, -0.15) is 4.31 Å². The van der Waals surface area contributed by atoms with Gasteiger partial charge in [0.25, 0.3) is 0 Å². The monoisotopic (exact) mass is 399 g/mol. The van der Waals surface area contributed by atoms with Crippen LogP contribution in [0.3, 0.4) is 0 Å². The molecular weight excluding hydrogens is 378 g/mol. The molecule has 9 heteroatoms. The van der Waals surface area contributed by atoms with E-state index in [-0.39, 0.29) is 30.2 Å². The first-order valence-corrected chi connectivity index (χ1v) is 11.3. The van der Waals surface area contributed by atoms with Crippen molar-refractivity contribution in [3.63, 3.8) is 0 Å². The summed E-state index contributed by atoms with van der Waals surface area (Å²) >= 11 is 0. The van der Waals surface area contributed by atoms with Crippen molar-refractivity contribution in [2.45, 2.75) is 29.2 Å². The van der Waals surface area contributed by atoms with Crippen molar-refractivity contribution in [1.82, 2.24) is 4.31 Å². The van der Waals surface area contributed by atoms with Crippen molar-refractivity contribution in [2.75, 3.05) is 20.2 Å². The lowest BCUT2D eigenvalue weighted by atomic mass is 10.2. The second-order valence-electron chi connectivity index (χ2n) is 6.29. The number of ether oxygens (including phenoxy) is 1. The molecule has 26 heavy (non-hydrogen) atoms. The largest absolute Gasteiger partial charge is 0.496 e. The molecule has 3 rings (SSSR count). The quantitative estimate of drug-likeness (QED) is 0.737. The predicted octanol–water partition coefficient (Wildman–Crippen LogP) is 1.97. The number of nitrogens with zero attached hydrogens (tertiary/aromatic N) is 1. The van der Waals surface area contributed by atoms with Crippen LogP contribution < -0.4 is 4.74 Å². The van der Waals surface area contributed by atoms with E-state index >= 15 is 0 Å². The molecule has 1 unspecified atom stereocenters. The summed E-state index contributed by atoms with van der Waals surface area (Å²) in [5.74, 6) is 0.738. The molecule has 2 aromatic rings. The highest BCUT2D eigenvalue weighted by Crippen LogP contribution is 2.28. The third-order valence-electron chi connectivity index (χ3n) is 4.54. The molecule has 1 atom stereocenters. The number of aryl methyl sites for hydroxylation is 1. The van der Waals surface area contributed by atoms with Gasteiger partial charge in [-0.05, 0) is 49.2 Å². The third kappa shape index (κ3) is 3.65. The van der Waals surface area contributed by atoms with Crippen LogP contribution in [0.2, 0.25) is 0 Å². The Hall–Kier alpha value is -1.84. The Morgan fingerprint density at radius 1 is 1.23 bits per heavy atom. The first-order chi connectivity index (χ1) is 12.2. The fraction of sp³-hybridized carbons (Fsp3) is 0.412. The number of methoxy groups -OCH3 is 1. The molecule has 142 valence electrons. The summed E-state index contributed by atoms with van der Waals surface area (Å²) in [6, 6.07) is 7.84. The van der Waals surface area contributed by atoms with Gasteiger partial charge in [0.15, 0.2) is 9.84 Å². The highest BCUT2D eigenvalue weighted by Gasteiger charge is 2.39. The maximum absolute atomic E-state index is 12.8. The van der Waals surface area contributed by atoms with Crippen molar-refractivity contribution in [1.29, 1.82) is 0 Å². The number of furan rings is 1. The normalized spacial score (nSPS) is 18.9. The van der Waals surface area contributed by atoms with Crippen LogP contribution in [-0.2, 0) is 25.6 Å². The zero-order chi connectivity index (χ0) is 18.9. The van der Waals surface area contributed by atoms with Crippen LogP contribution in [0, 0.1) is 6.92 Å². The molecule has 1 saturated heterocycles. The Balaban J connectivity index is 1.78. The minimum absolute atomic E-state index is 0.0452. The van der Waals surface area contributed by atoms with E-state index in [0.717, 1.165) is 0 Å². The summed E-state index contributed by atoms with van der Waals surface area (Å²) in [4.78, 5) is 0.139. The molecule has 1 aliphatic heterocycles. The minimum atomic E-state index is -3.75. The van der Waals surface area contributed by atoms with Crippen LogP contribution in [0.4, 0.5) is 0 Å². The van der Waals surface area contributed by atoms with E-state index in [4.69, 9.17) is 9.15 Å². The second kappa shape index (κ2) is 7.05. The van der Waals surface area contributed by atoms with Gasteiger partial charge in [0.05, 0.1) is 23.5 Å². The van der Waals surface area contributed by atoms with Crippen molar-refractivity contribution in [3.8, 4) is 5.75 Å². The van der Waals surface area contributed by atoms with Gasteiger partial charge in [-0.25, -0.2) is 16.8 Å². The summed E-state index contributed by atoms with van der Waals surface area (Å²) in [6.45, 7) is 1.89. The Morgan fingerprint density at radius 3 is 2.62 bits per heavy atom. The van der Waals surface area contributed by atoms with E-state index in [1.807, 2.05) is 0 Å². The van der Waals surface area contributed by atoms with E-state index in [9.17, 15) is 16.8 Å². The molecule has 1 aliphatic rings. The molecule has 0 saturated carbocycles. The van der Waals surface area contributed by atoms with Crippen molar-refractivity contribution in [3.05, 3.63) is 47.9 Å². The van der Waals surface area contributed by atoms with Gasteiger partial charge in [0.1, 0.15) is 17.3 Å². The maximum Gasteiger partial charge on any atom is 0.243 e. The standard InChI is InChI=1S/C17H21NO6S2/c1-13-10-15(5-6-17(13)23-2)26(21,22)18-8-7-16(11-18)25(19,20)12-14-4-3-9-24-14/h3-6,9-10,16H,7-8,11-12H2,1-2H3. The third-order valence-corrected chi connectivity index (χ3v) is 8.49. The fourth-order valence-corrected chi connectivity index (χ4v) is 6.43. The van der Waals surface area contributed by atoms with E-state index in [1.54, 1.807) is 31.2 Å². The van der Waals surface area contributed by atoms with Gasteiger partial charge >= 0.3 is 0 Å². The number of sulfone groups is 1. The molecule has 1 fully saturated rings. The van der Waals surface area contributed by atoms with E-state index < -0.39 is 25.1 Å². The average Bonchev–Trinajstić information content (AvgIpc) is 3.26. The summed E-state index contributed by atoms with van der Waals surface area (Å²) in [6.07, 6.45) is 1.69. The average molecular weight is 399 g/mol. The van der Waals surface area contributed by atoms with Crippen molar-refractivity contribution >= 4 is 19.9 Å². The van der Waals surface area contributed by atoms with Crippen LogP contribution in [0.1, 0.15) is 17.7 Å². The van der Waals surface area contributed by atoms with Crippen LogP contribution in [-0.4, -0.2) is 46.6 Å². The topological polar surface area (TPSA) is 93.9 Å². The Kier molecular flexibility index (Phi) is 5.14. The number of hydrogen-bond donors (Lipinski definition) is 0.